The second kappa shape index (κ2) is 18.6. The zero-order chi connectivity index (χ0) is 29.3. The summed E-state index contributed by atoms with van der Waals surface area (Å²) >= 11 is 2.19. The SMILES string of the molecule is C/C(=C/C(C)=N/c1c(C(C)C)cccc1C(C)C)[N]([Ge])c1c(C(C)C)cccc1C(C)C.Cc1ccccc1.[SH-].[SH-]. The molecule has 3 rings (SSSR count). The largest absolute Gasteiger partial charge is 0.813 e. The van der Waals surface area contributed by atoms with Crippen LogP contribution in [0.1, 0.15) is 121 Å². The van der Waals surface area contributed by atoms with Crippen molar-refractivity contribution >= 4 is 60.8 Å². The Kier molecular flexibility index (Phi) is 17.8. The number of para-hydroxylation sites is 2. The third kappa shape index (κ3) is 11.4. The minimum atomic E-state index is 0. The molecule has 223 valence electrons. The molecule has 3 aromatic rings. The first-order chi connectivity index (χ1) is 18.3. The maximum Gasteiger partial charge on any atom is -0.0398 e. The van der Waals surface area contributed by atoms with Crippen molar-refractivity contribution in [1.82, 2.24) is 0 Å². The predicted octanol–water partition coefficient (Wildman–Crippen LogP) is 10.2. The number of aryl methyl sites for hydroxylation is 1. The van der Waals surface area contributed by atoms with Gasteiger partial charge >= 0.3 is 206 Å². The summed E-state index contributed by atoms with van der Waals surface area (Å²) < 4.78 is 2.35. The molecule has 0 bridgehead atoms. The first kappa shape index (κ1) is 39.1. The molecule has 0 amide bonds. The molecule has 0 aliphatic carbocycles. The Morgan fingerprint density at radius 3 is 1.37 bits per heavy atom. The van der Waals surface area contributed by atoms with Crippen molar-refractivity contribution in [2.24, 2.45) is 4.99 Å². The molecule has 41 heavy (non-hydrogen) atoms. The van der Waals surface area contributed by atoms with E-state index in [9.17, 15) is 0 Å². The molecule has 0 fully saturated rings. The van der Waals surface area contributed by atoms with Gasteiger partial charge in [-0.25, -0.2) is 0 Å². The zero-order valence-electron chi connectivity index (χ0n) is 27.0. The monoisotopic (exact) mass is 649 g/mol. The van der Waals surface area contributed by atoms with Crippen LogP contribution in [0.25, 0.3) is 0 Å². The third-order valence-corrected chi connectivity index (χ3v) is 8.12. The molecule has 0 saturated heterocycles. The van der Waals surface area contributed by atoms with Crippen LogP contribution < -0.4 is 3.86 Å². The van der Waals surface area contributed by atoms with E-state index in [2.05, 4.69) is 151 Å². The number of aliphatic imine (C=N–C) groups is 1. The second-order valence-corrected chi connectivity index (χ2v) is 12.7. The molecule has 3 aromatic carbocycles. The number of hydrogen-bond donors (Lipinski definition) is 0. The van der Waals surface area contributed by atoms with Gasteiger partial charge in [-0.1, -0.05) is 35.9 Å². The Balaban J connectivity index is 0.00000155. The van der Waals surface area contributed by atoms with E-state index < -0.39 is 0 Å². The van der Waals surface area contributed by atoms with Crippen LogP contribution in [-0.2, 0) is 27.0 Å². The van der Waals surface area contributed by atoms with Crippen molar-refractivity contribution in [3.8, 4) is 0 Å². The van der Waals surface area contributed by atoms with Gasteiger partial charge in [0.15, 0.2) is 0 Å². The summed E-state index contributed by atoms with van der Waals surface area (Å²) in [5.41, 5.74) is 11.5. The fourth-order valence-electron chi connectivity index (χ4n) is 4.70. The van der Waals surface area contributed by atoms with Gasteiger partial charge in [0, 0.05) is 0 Å². The van der Waals surface area contributed by atoms with Crippen LogP contribution in [-0.4, -0.2) is 22.4 Å². The van der Waals surface area contributed by atoms with Gasteiger partial charge in [-0.2, -0.15) is 0 Å². The minimum Gasteiger partial charge on any atom is -0.813 e. The van der Waals surface area contributed by atoms with Crippen molar-refractivity contribution in [1.29, 1.82) is 0 Å². The van der Waals surface area contributed by atoms with Gasteiger partial charge in [-0.05, 0) is 6.92 Å². The fraction of sp³-hybridized carbons (Fsp3) is 0.417. The average molecular weight is 649 g/mol. The number of anilines is 1. The maximum absolute atomic E-state index is 5.15. The molecule has 0 N–H and O–H groups in total. The smallest absolute Gasteiger partial charge is 0.0398 e. The van der Waals surface area contributed by atoms with Crippen molar-refractivity contribution in [2.45, 2.75) is 99.8 Å². The van der Waals surface area contributed by atoms with Crippen LogP contribution in [0.4, 0.5) is 11.4 Å². The summed E-state index contributed by atoms with van der Waals surface area (Å²) in [6.45, 7) is 24.5. The standard InChI is InChI=1S/C29H41GeN2.C7H8.2H2S/c1-18(2)24-13-11-14-25(19(3)4)28(24)31-22(9)17-23(10)32(30)29-26(20(5)6)15-12-16-27(29)21(7)8;1-7-5-3-2-4-6-7;;/h11-21H,1-10H3;2-6H,1H3;2*1H2/p-2/b23-17-,31-22+;;;. The van der Waals surface area contributed by atoms with Crippen LogP contribution in [0.3, 0.4) is 0 Å². The van der Waals surface area contributed by atoms with E-state index in [1.807, 2.05) is 18.2 Å². The summed E-state index contributed by atoms with van der Waals surface area (Å²) in [5.74, 6) is 1.83. The molecular weight excluding hydrogens is 597 g/mol. The topological polar surface area (TPSA) is 15.6 Å². The molecule has 0 aromatic heterocycles. The van der Waals surface area contributed by atoms with Crippen LogP contribution in [0.2, 0.25) is 0 Å². The van der Waals surface area contributed by atoms with E-state index in [0.29, 0.717) is 23.7 Å². The molecule has 0 aliphatic rings. The molecule has 0 heterocycles. The minimum absolute atomic E-state index is 0. The molecular formula is C36H51GeN2S2-2. The second-order valence-electron chi connectivity index (χ2n) is 11.7. The van der Waals surface area contributed by atoms with Crippen molar-refractivity contribution in [2.75, 3.05) is 3.86 Å². The molecule has 0 aliphatic heterocycles. The van der Waals surface area contributed by atoms with E-state index in [1.165, 1.54) is 39.2 Å². The van der Waals surface area contributed by atoms with Crippen molar-refractivity contribution in [3.05, 3.63) is 106 Å². The van der Waals surface area contributed by atoms with E-state index in [4.69, 9.17) is 4.99 Å². The Bertz CT molecular complexity index is 1210. The Morgan fingerprint density at radius 1 is 0.634 bits per heavy atom. The average Bonchev–Trinajstić information content (AvgIpc) is 2.88. The summed E-state index contributed by atoms with van der Waals surface area (Å²) in [7, 11) is 0. The van der Waals surface area contributed by atoms with Gasteiger partial charge in [0.05, 0.1) is 0 Å². The van der Waals surface area contributed by atoms with Gasteiger partial charge in [0.2, 0.25) is 0 Å². The van der Waals surface area contributed by atoms with Gasteiger partial charge in [-0.15, -0.1) is 0 Å². The zero-order valence-corrected chi connectivity index (χ0v) is 30.9. The fourth-order valence-corrected chi connectivity index (χ4v) is 5.37. The quantitative estimate of drug-likeness (QED) is 0.105. The summed E-state index contributed by atoms with van der Waals surface area (Å²) in [6.07, 6.45) is 2.22. The van der Waals surface area contributed by atoms with Gasteiger partial charge in [-0.3, -0.25) is 0 Å². The number of rotatable bonds is 8. The third-order valence-electron chi connectivity index (χ3n) is 6.91. The van der Waals surface area contributed by atoms with E-state index >= 15 is 0 Å². The first-order valence-corrected chi connectivity index (χ1v) is 15.3. The number of hydrogen-bond acceptors (Lipinski definition) is 4. The van der Waals surface area contributed by atoms with Crippen molar-refractivity contribution in [3.63, 3.8) is 0 Å². The first-order valence-electron chi connectivity index (χ1n) is 14.4. The summed E-state index contributed by atoms with van der Waals surface area (Å²) in [4.78, 5) is 5.15. The van der Waals surface area contributed by atoms with Crippen LogP contribution >= 0.6 is 0 Å². The van der Waals surface area contributed by atoms with Gasteiger partial charge < -0.3 is 27.0 Å². The summed E-state index contributed by atoms with van der Waals surface area (Å²) in [5, 5.41) is 0. The normalized spacial score (nSPS) is 11.7. The Hall–Kier alpha value is -1.89. The number of nitrogens with zero attached hydrogens (tertiary/aromatic N) is 2. The number of allylic oxidation sites excluding steroid dienone is 2. The number of benzene rings is 3. The van der Waals surface area contributed by atoms with E-state index in [-0.39, 0.29) is 27.0 Å². The van der Waals surface area contributed by atoms with Gasteiger partial charge in [0.25, 0.3) is 0 Å². The van der Waals surface area contributed by atoms with Gasteiger partial charge in [0.1, 0.15) is 0 Å². The maximum atomic E-state index is 5.15. The molecule has 0 saturated carbocycles. The summed E-state index contributed by atoms with van der Waals surface area (Å²) in [6, 6.07) is 23.6. The molecule has 0 spiro atoms. The predicted molar refractivity (Wildman–Crippen MR) is 193 cm³/mol. The number of thiol groups is 2. The Morgan fingerprint density at radius 2 is 1.02 bits per heavy atom. The van der Waals surface area contributed by atoms with E-state index in [0.717, 1.165) is 11.4 Å². The van der Waals surface area contributed by atoms with Crippen molar-refractivity contribution < 1.29 is 0 Å². The van der Waals surface area contributed by atoms with Crippen LogP contribution in [0.5, 0.6) is 0 Å². The molecule has 0 unspecified atom stereocenters. The Labute approximate surface area is 274 Å². The molecule has 0 atom stereocenters. The molecule has 2 nitrogen and oxygen atoms in total. The van der Waals surface area contributed by atoms with E-state index in [1.54, 1.807) is 0 Å². The molecule has 3 radical (unpaired) electrons. The molecule has 5 heteroatoms. The van der Waals surface area contributed by atoms with Crippen LogP contribution in [0, 0.1) is 6.92 Å². The van der Waals surface area contributed by atoms with Crippen LogP contribution in [0.15, 0.2) is 83.5 Å².